The van der Waals surface area contributed by atoms with E-state index in [1.807, 2.05) is 24.3 Å². The molecule has 1 aromatic carbocycles. The lowest BCUT2D eigenvalue weighted by atomic mass is 10.2. The van der Waals surface area contributed by atoms with E-state index in [0.29, 0.717) is 16.9 Å². The highest BCUT2D eigenvalue weighted by Gasteiger charge is 2.01. The Morgan fingerprint density at radius 3 is 2.63 bits per heavy atom. The van der Waals surface area contributed by atoms with Crippen molar-refractivity contribution in [3.05, 3.63) is 53.2 Å². The van der Waals surface area contributed by atoms with Crippen LogP contribution in [0.25, 0.3) is 0 Å². The first-order chi connectivity index (χ1) is 9.13. The SMILES string of the molecule is CC(C)NCc1ccnc(Oc2ccc(Cl)cc2)c1. The third kappa shape index (κ3) is 4.54. The number of nitrogens with one attached hydrogen (secondary N) is 1. The zero-order valence-electron chi connectivity index (χ0n) is 11.1. The molecule has 0 saturated carbocycles. The number of ether oxygens (including phenoxy) is 1. The normalized spacial score (nSPS) is 10.7. The van der Waals surface area contributed by atoms with Crippen LogP contribution >= 0.6 is 11.6 Å². The molecule has 0 fully saturated rings. The lowest BCUT2D eigenvalue weighted by Crippen LogP contribution is -2.21. The third-order valence-electron chi connectivity index (χ3n) is 2.55. The fourth-order valence-corrected chi connectivity index (χ4v) is 1.69. The summed E-state index contributed by atoms with van der Waals surface area (Å²) < 4.78 is 5.68. The molecule has 0 aliphatic heterocycles. The van der Waals surface area contributed by atoms with Crippen molar-refractivity contribution in [3.8, 4) is 11.6 Å². The van der Waals surface area contributed by atoms with Gasteiger partial charge in [0.2, 0.25) is 5.88 Å². The molecule has 0 amide bonds. The van der Waals surface area contributed by atoms with Gasteiger partial charge in [-0.2, -0.15) is 0 Å². The minimum Gasteiger partial charge on any atom is -0.439 e. The van der Waals surface area contributed by atoms with E-state index in [4.69, 9.17) is 16.3 Å². The number of pyridine rings is 1. The van der Waals surface area contributed by atoms with Crippen LogP contribution in [0, 0.1) is 0 Å². The van der Waals surface area contributed by atoms with Crippen LogP contribution in [-0.4, -0.2) is 11.0 Å². The predicted octanol–water partition coefficient (Wildman–Crippen LogP) is 4.03. The molecular formula is C15H17ClN2O. The van der Waals surface area contributed by atoms with E-state index in [1.54, 1.807) is 18.3 Å². The average Bonchev–Trinajstić information content (AvgIpc) is 2.40. The molecule has 0 atom stereocenters. The standard InChI is InChI=1S/C15H17ClN2O/c1-11(2)18-10-12-7-8-17-15(9-12)19-14-5-3-13(16)4-6-14/h3-9,11,18H,10H2,1-2H3. The van der Waals surface area contributed by atoms with Crippen LogP contribution in [-0.2, 0) is 6.54 Å². The molecule has 2 rings (SSSR count). The van der Waals surface area contributed by atoms with Gasteiger partial charge in [-0.3, -0.25) is 0 Å². The number of hydrogen-bond donors (Lipinski definition) is 1. The minimum absolute atomic E-state index is 0.453. The van der Waals surface area contributed by atoms with Gasteiger partial charge >= 0.3 is 0 Å². The first kappa shape index (κ1) is 13.8. The smallest absolute Gasteiger partial charge is 0.219 e. The molecule has 1 N–H and O–H groups in total. The maximum absolute atomic E-state index is 5.83. The van der Waals surface area contributed by atoms with Crippen molar-refractivity contribution in [1.82, 2.24) is 10.3 Å². The van der Waals surface area contributed by atoms with Crippen molar-refractivity contribution in [3.63, 3.8) is 0 Å². The Morgan fingerprint density at radius 2 is 1.95 bits per heavy atom. The second-order valence-corrected chi connectivity index (χ2v) is 5.03. The molecule has 0 radical (unpaired) electrons. The average molecular weight is 277 g/mol. The molecule has 19 heavy (non-hydrogen) atoms. The van der Waals surface area contributed by atoms with Crippen LogP contribution in [0.4, 0.5) is 0 Å². The third-order valence-corrected chi connectivity index (χ3v) is 2.80. The molecule has 4 heteroatoms. The quantitative estimate of drug-likeness (QED) is 0.895. The second kappa shape index (κ2) is 6.55. The fourth-order valence-electron chi connectivity index (χ4n) is 1.56. The Bertz CT molecular complexity index is 526. The summed E-state index contributed by atoms with van der Waals surface area (Å²) in [5.74, 6) is 1.32. The summed E-state index contributed by atoms with van der Waals surface area (Å²) in [6, 6.07) is 11.6. The van der Waals surface area contributed by atoms with E-state index in [-0.39, 0.29) is 0 Å². The molecule has 0 spiro atoms. The van der Waals surface area contributed by atoms with E-state index >= 15 is 0 Å². The summed E-state index contributed by atoms with van der Waals surface area (Å²) in [4.78, 5) is 4.20. The van der Waals surface area contributed by atoms with E-state index in [2.05, 4.69) is 24.1 Å². The van der Waals surface area contributed by atoms with Gasteiger partial charge in [0.15, 0.2) is 0 Å². The Balaban J connectivity index is 2.04. The van der Waals surface area contributed by atoms with Gasteiger partial charge in [0, 0.05) is 29.9 Å². The van der Waals surface area contributed by atoms with Gasteiger partial charge < -0.3 is 10.1 Å². The highest BCUT2D eigenvalue weighted by molar-refractivity contribution is 6.30. The lowest BCUT2D eigenvalue weighted by Gasteiger charge is -2.09. The zero-order valence-corrected chi connectivity index (χ0v) is 11.8. The van der Waals surface area contributed by atoms with Crippen LogP contribution < -0.4 is 10.1 Å². The Kier molecular flexibility index (Phi) is 4.77. The maximum atomic E-state index is 5.83. The van der Waals surface area contributed by atoms with Gasteiger partial charge in [0.1, 0.15) is 5.75 Å². The summed E-state index contributed by atoms with van der Waals surface area (Å²) in [7, 11) is 0. The molecule has 0 aliphatic carbocycles. The van der Waals surface area contributed by atoms with Crippen molar-refractivity contribution in [2.75, 3.05) is 0 Å². The van der Waals surface area contributed by atoms with Gasteiger partial charge in [-0.1, -0.05) is 25.4 Å². The predicted molar refractivity (Wildman–Crippen MR) is 77.7 cm³/mol. The highest BCUT2D eigenvalue weighted by Crippen LogP contribution is 2.21. The molecule has 1 heterocycles. The number of hydrogen-bond acceptors (Lipinski definition) is 3. The summed E-state index contributed by atoms with van der Waals surface area (Å²) in [5.41, 5.74) is 1.15. The van der Waals surface area contributed by atoms with Gasteiger partial charge in [0.05, 0.1) is 0 Å². The van der Waals surface area contributed by atoms with Crippen molar-refractivity contribution in [1.29, 1.82) is 0 Å². The molecular weight excluding hydrogens is 260 g/mol. The second-order valence-electron chi connectivity index (χ2n) is 4.59. The van der Waals surface area contributed by atoms with Crippen LogP contribution in [0.3, 0.4) is 0 Å². The summed E-state index contributed by atoms with van der Waals surface area (Å²) in [6.45, 7) is 5.04. The number of rotatable bonds is 5. The molecule has 3 nitrogen and oxygen atoms in total. The zero-order chi connectivity index (χ0) is 13.7. The van der Waals surface area contributed by atoms with Crippen molar-refractivity contribution >= 4 is 11.6 Å². The van der Waals surface area contributed by atoms with Crippen LogP contribution in [0.15, 0.2) is 42.6 Å². The molecule has 2 aromatic rings. The molecule has 0 aliphatic rings. The van der Waals surface area contributed by atoms with Crippen LogP contribution in [0.1, 0.15) is 19.4 Å². The van der Waals surface area contributed by atoms with E-state index in [9.17, 15) is 0 Å². The fraction of sp³-hybridized carbons (Fsp3) is 0.267. The van der Waals surface area contributed by atoms with Crippen molar-refractivity contribution < 1.29 is 4.74 Å². The summed E-state index contributed by atoms with van der Waals surface area (Å²) in [6.07, 6.45) is 1.75. The van der Waals surface area contributed by atoms with E-state index in [0.717, 1.165) is 17.9 Å². The first-order valence-electron chi connectivity index (χ1n) is 6.25. The number of nitrogens with zero attached hydrogens (tertiary/aromatic N) is 1. The van der Waals surface area contributed by atoms with Crippen LogP contribution in [0.2, 0.25) is 5.02 Å². The Morgan fingerprint density at radius 1 is 1.21 bits per heavy atom. The topological polar surface area (TPSA) is 34.2 Å². The van der Waals surface area contributed by atoms with Gasteiger partial charge in [-0.05, 0) is 35.9 Å². The van der Waals surface area contributed by atoms with Crippen molar-refractivity contribution in [2.24, 2.45) is 0 Å². The molecule has 0 saturated heterocycles. The van der Waals surface area contributed by atoms with Gasteiger partial charge in [0.25, 0.3) is 0 Å². The maximum Gasteiger partial charge on any atom is 0.219 e. The number of aromatic nitrogens is 1. The highest BCUT2D eigenvalue weighted by atomic mass is 35.5. The Hall–Kier alpha value is -1.58. The van der Waals surface area contributed by atoms with Gasteiger partial charge in [-0.25, -0.2) is 4.98 Å². The van der Waals surface area contributed by atoms with E-state index in [1.165, 1.54) is 0 Å². The number of halogens is 1. The van der Waals surface area contributed by atoms with E-state index < -0.39 is 0 Å². The van der Waals surface area contributed by atoms with Crippen LogP contribution in [0.5, 0.6) is 11.6 Å². The monoisotopic (exact) mass is 276 g/mol. The largest absolute Gasteiger partial charge is 0.439 e. The Labute approximate surface area is 118 Å². The summed E-state index contributed by atoms with van der Waals surface area (Å²) in [5, 5.41) is 4.05. The number of benzene rings is 1. The van der Waals surface area contributed by atoms with Gasteiger partial charge in [-0.15, -0.1) is 0 Å². The lowest BCUT2D eigenvalue weighted by molar-refractivity contribution is 0.461. The molecule has 100 valence electrons. The molecule has 0 unspecified atom stereocenters. The van der Waals surface area contributed by atoms with Crippen molar-refractivity contribution in [2.45, 2.75) is 26.4 Å². The molecule has 1 aromatic heterocycles. The minimum atomic E-state index is 0.453. The first-order valence-corrected chi connectivity index (χ1v) is 6.63. The summed E-state index contributed by atoms with van der Waals surface area (Å²) >= 11 is 5.83. The molecule has 0 bridgehead atoms.